The first-order valence-corrected chi connectivity index (χ1v) is 4.98. The molecule has 0 amide bonds. The molecule has 13 heavy (non-hydrogen) atoms. The van der Waals surface area contributed by atoms with Gasteiger partial charge in [-0.05, 0) is 19.3 Å². The van der Waals surface area contributed by atoms with Crippen LogP contribution in [0.3, 0.4) is 0 Å². The van der Waals surface area contributed by atoms with Crippen molar-refractivity contribution in [1.29, 1.82) is 5.26 Å². The van der Waals surface area contributed by atoms with Gasteiger partial charge in [-0.15, -0.1) is 0 Å². The Bertz CT molecular complexity index is 172. The van der Waals surface area contributed by atoms with Crippen LogP contribution in [0.15, 0.2) is 0 Å². The lowest BCUT2D eigenvalue weighted by atomic mass is 9.91. The van der Waals surface area contributed by atoms with E-state index in [1.807, 2.05) is 0 Å². The number of hydrogen-bond acceptors (Lipinski definition) is 3. The molecule has 0 aromatic heterocycles. The minimum atomic E-state index is 0.578. The Kier molecular flexibility index (Phi) is 4.81. The van der Waals surface area contributed by atoms with E-state index in [9.17, 15) is 0 Å². The van der Waals surface area contributed by atoms with Crippen LogP contribution in [0.25, 0.3) is 0 Å². The lowest BCUT2D eigenvalue weighted by molar-refractivity contribution is 0.120. The number of rotatable bonds is 6. The third-order valence-electron chi connectivity index (χ3n) is 2.66. The van der Waals surface area contributed by atoms with Gasteiger partial charge in [-0.3, -0.25) is 4.90 Å². The predicted octanol–water partition coefficient (Wildman–Crippen LogP) is 1.40. The lowest BCUT2D eigenvalue weighted by Crippen LogP contribution is -2.41. The van der Waals surface area contributed by atoms with Gasteiger partial charge in [-0.2, -0.15) is 5.26 Å². The van der Waals surface area contributed by atoms with Gasteiger partial charge in [-0.25, -0.2) is 0 Å². The Morgan fingerprint density at radius 1 is 1.54 bits per heavy atom. The third kappa shape index (κ3) is 3.33. The summed E-state index contributed by atoms with van der Waals surface area (Å²) < 4.78 is 4.99. The van der Waals surface area contributed by atoms with Crippen LogP contribution in [0.4, 0.5) is 0 Å². The molecule has 0 aromatic rings. The van der Waals surface area contributed by atoms with Gasteiger partial charge in [0.1, 0.15) is 0 Å². The van der Waals surface area contributed by atoms with Crippen molar-refractivity contribution in [1.82, 2.24) is 4.90 Å². The highest BCUT2D eigenvalue weighted by Gasteiger charge is 2.23. The number of nitriles is 1. The molecule has 0 saturated heterocycles. The molecule has 3 nitrogen and oxygen atoms in total. The Morgan fingerprint density at radius 2 is 2.31 bits per heavy atom. The quantitative estimate of drug-likeness (QED) is 0.460. The molecule has 0 bridgehead atoms. The summed E-state index contributed by atoms with van der Waals surface area (Å²) in [4.78, 5) is 2.28. The molecular formula is C10H18N2O. The predicted molar refractivity (Wildman–Crippen MR) is 51.3 cm³/mol. The Labute approximate surface area is 80.3 Å². The summed E-state index contributed by atoms with van der Waals surface area (Å²) in [6.07, 6.45) is 4.91. The molecule has 74 valence electrons. The van der Waals surface area contributed by atoms with E-state index in [0.29, 0.717) is 12.6 Å². The summed E-state index contributed by atoms with van der Waals surface area (Å²) in [7, 11) is 1.72. The lowest BCUT2D eigenvalue weighted by Gasteiger charge is -2.35. The van der Waals surface area contributed by atoms with Crippen LogP contribution in [0.5, 0.6) is 0 Å². The smallest absolute Gasteiger partial charge is 0.0868 e. The fourth-order valence-electron chi connectivity index (χ4n) is 1.65. The molecule has 0 spiro atoms. The van der Waals surface area contributed by atoms with Crippen molar-refractivity contribution < 1.29 is 4.74 Å². The van der Waals surface area contributed by atoms with Crippen molar-refractivity contribution in [3.63, 3.8) is 0 Å². The molecule has 0 aromatic carbocycles. The van der Waals surface area contributed by atoms with Gasteiger partial charge in [0.05, 0.1) is 12.6 Å². The second-order valence-corrected chi connectivity index (χ2v) is 3.56. The standard InChI is InChI=1S/C10H18N2O/c1-13-9-3-7-12(8-6-11)10-4-2-5-10/h10H,2-5,7-9H2,1H3. The summed E-state index contributed by atoms with van der Waals surface area (Å²) in [5.74, 6) is 0. The SMILES string of the molecule is COCCCN(CC#N)C1CCC1. The van der Waals surface area contributed by atoms with E-state index in [2.05, 4.69) is 11.0 Å². The summed E-state index contributed by atoms with van der Waals surface area (Å²) in [5, 5.41) is 8.64. The largest absolute Gasteiger partial charge is 0.385 e. The summed E-state index contributed by atoms with van der Waals surface area (Å²) in [5.41, 5.74) is 0. The molecule has 0 aliphatic heterocycles. The van der Waals surface area contributed by atoms with Gasteiger partial charge in [-0.1, -0.05) is 6.42 Å². The van der Waals surface area contributed by atoms with Crippen LogP contribution in [0, 0.1) is 11.3 Å². The number of methoxy groups -OCH3 is 1. The first-order valence-electron chi connectivity index (χ1n) is 4.98. The maximum Gasteiger partial charge on any atom is 0.0868 e. The summed E-state index contributed by atoms with van der Waals surface area (Å²) >= 11 is 0. The number of hydrogen-bond donors (Lipinski definition) is 0. The summed E-state index contributed by atoms with van der Waals surface area (Å²) in [6.45, 7) is 2.38. The highest BCUT2D eigenvalue weighted by molar-refractivity contribution is 4.86. The zero-order chi connectivity index (χ0) is 9.52. The normalized spacial score (nSPS) is 17.0. The van der Waals surface area contributed by atoms with Gasteiger partial charge < -0.3 is 4.74 Å². The van der Waals surface area contributed by atoms with Crippen molar-refractivity contribution in [3.05, 3.63) is 0 Å². The van der Waals surface area contributed by atoms with E-state index in [1.54, 1.807) is 7.11 Å². The average Bonchev–Trinajstić information content (AvgIpc) is 2.02. The van der Waals surface area contributed by atoms with Crippen LogP contribution < -0.4 is 0 Å². The second-order valence-electron chi connectivity index (χ2n) is 3.56. The van der Waals surface area contributed by atoms with E-state index in [0.717, 1.165) is 19.6 Å². The monoisotopic (exact) mass is 182 g/mol. The Balaban J connectivity index is 2.17. The fourth-order valence-corrected chi connectivity index (χ4v) is 1.65. The van der Waals surface area contributed by atoms with E-state index in [4.69, 9.17) is 10.00 Å². The van der Waals surface area contributed by atoms with Crippen molar-refractivity contribution in [2.45, 2.75) is 31.7 Å². The van der Waals surface area contributed by atoms with Crippen LogP contribution in [-0.4, -0.2) is 37.7 Å². The molecule has 0 atom stereocenters. The number of nitrogens with zero attached hydrogens (tertiary/aromatic N) is 2. The molecule has 1 fully saturated rings. The highest BCUT2D eigenvalue weighted by atomic mass is 16.5. The van der Waals surface area contributed by atoms with Crippen molar-refractivity contribution >= 4 is 0 Å². The highest BCUT2D eigenvalue weighted by Crippen LogP contribution is 2.24. The zero-order valence-corrected chi connectivity index (χ0v) is 8.33. The van der Waals surface area contributed by atoms with Gasteiger partial charge in [0.2, 0.25) is 0 Å². The van der Waals surface area contributed by atoms with E-state index in [-0.39, 0.29) is 0 Å². The second kappa shape index (κ2) is 5.95. The minimum Gasteiger partial charge on any atom is -0.385 e. The van der Waals surface area contributed by atoms with Gasteiger partial charge >= 0.3 is 0 Å². The third-order valence-corrected chi connectivity index (χ3v) is 2.66. The van der Waals surface area contributed by atoms with Crippen LogP contribution >= 0.6 is 0 Å². The van der Waals surface area contributed by atoms with Crippen LogP contribution in [0.2, 0.25) is 0 Å². The topological polar surface area (TPSA) is 36.3 Å². The fraction of sp³-hybridized carbons (Fsp3) is 0.900. The maximum absolute atomic E-state index is 8.64. The van der Waals surface area contributed by atoms with Gasteiger partial charge in [0, 0.05) is 26.3 Å². The van der Waals surface area contributed by atoms with E-state index in [1.165, 1.54) is 19.3 Å². The van der Waals surface area contributed by atoms with Crippen molar-refractivity contribution in [2.75, 3.05) is 26.8 Å². The van der Waals surface area contributed by atoms with Crippen molar-refractivity contribution in [2.24, 2.45) is 0 Å². The average molecular weight is 182 g/mol. The van der Waals surface area contributed by atoms with Gasteiger partial charge in [0.25, 0.3) is 0 Å². The molecule has 3 heteroatoms. The molecule has 1 aliphatic carbocycles. The molecule has 1 rings (SSSR count). The Hall–Kier alpha value is -0.590. The van der Waals surface area contributed by atoms with Gasteiger partial charge in [0.15, 0.2) is 0 Å². The van der Waals surface area contributed by atoms with E-state index >= 15 is 0 Å². The zero-order valence-electron chi connectivity index (χ0n) is 8.33. The first-order chi connectivity index (χ1) is 6.38. The summed E-state index contributed by atoms with van der Waals surface area (Å²) in [6, 6.07) is 2.91. The molecule has 0 radical (unpaired) electrons. The first kappa shape index (κ1) is 10.5. The molecule has 1 saturated carbocycles. The van der Waals surface area contributed by atoms with E-state index < -0.39 is 0 Å². The molecular weight excluding hydrogens is 164 g/mol. The van der Waals surface area contributed by atoms with Crippen LogP contribution in [0.1, 0.15) is 25.7 Å². The molecule has 0 unspecified atom stereocenters. The molecule has 0 heterocycles. The minimum absolute atomic E-state index is 0.578. The van der Waals surface area contributed by atoms with Crippen LogP contribution in [-0.2, 0) is 4.74 Å². The number of ether oxygens (including phenoxy) is 1. The Morgan fingerprint density at radius 3 is 2.77 bits per heavy atom. The van der Waals surface area contributed by atoms with Crippen molar-refractivity contribution in [3.8, 4) is 6.07 Å². The maximum atomic E-state index is 8.64. The molecule has 1 aliphatic rings. The molecule has 0 N–H and O–H groups in total.